The topological polar surface area (TPSA) is 85.9 Å². The van der Waals surface area contributed by atoms with Crippen LogP contribution in [0.1, 0.15) is 11.6 Å². The van der Waals surface area contributed by atoms with Crippen LogP contribution >= 0.6 is 12.2 Å². The van der Waals surface area contributed by atoms with Crippen molar-refractivity contribution in [2.24, 2.45) is 0 Å². The number of nitriles is 1. The summed E-state index contributed by atoms with van der Waals surface area (Å²) >= 11 is 5.09. The first-order valence-electron chi connectivity index (χ1n) is 5.44. The maximum Gasteiger partial charge on any atom is 0.250 e. The maximum absolute atomic E-state index is 8.84. The van der Waals surface area contributed by atoms with Gasteiger partial charge in [-0.1, -0.05) is 18.2 Å². The Morgan fingerprint density at radius 1 is 1.37 bits per heavy atom. The predicted molar refractivity (Wildman–Crippen MR) is 75.4 cm³/mol. The van der Waals surface area contributed by atoms with Crippen LogP contribution in [0.15, 0.2) is 34.7 Å². The summed E-state index contributed by atoms with van der Waals surface area (Å²) in [6.07, 6.45) is 0. The Bertz CT molecular complexity index is 617. The second-order valence-corrected chi connectivity index (χ2v) is 4.00. The molecule has 0 spiro atoms. The first kappa shape index (κ1) is 12.9. The van der Waals surface area contributed by atoms with Gasteiger partial charge in [-0.3, -0.25) is 10.9 Å². The van der Waals surface area contributed by atoms with Gasteiger partial charge in [0.1, 0.15) is 6.07 Å². The van der Waals surface area contributed by atoms with Crippen molar-refractivity contribution in [2.75, 3.05) is 10.7 Å². The van der Waals surface area contributed by atoms with Crippen molar-refractivity contribution in [1.82, 2.24) is 10.4 Å². The fraction of sp³-hybridized carbons (Fsp3) is 0.0833. The molecule has 0 aliphatic carbocycles. The van der Waals surface area contributed by atoms with E-state index in [1.54, 1.807) is 6.92 Å². The molecular weight excluding hydrogens is 262 g/mol. The van der Waals surface area contributed by atoms with Gasteiger partial charge in [0.15, 0.2) is 11.0 Å². The molecule has 0 saturated heterocycles. The molecule has 0 saturated carbocycles. The van der Waals surface area contributed by atoms with E-state index in [9.17, 15) is 0 Å². The minimum absolute atomic E-state index is 0.174. The number of benzene rings is 1. The van der Waals surface area contributed by atoms with Crippen LogP contribution in [-0.4, -0.2) is 10.1 Å². The second kappa shape index (κ2) is 5.84. The molecule has 0 unspecified atom stereocenters. The summed E-state index contributed by atoms with van der Waals surface area (Å²) in [4.78, 5) is 3.90. The normalized spacial score (nSPS) is 9.47. The number of oxazole rings is 1. The second-order valence-electron chi connectivity index (χ2n) is 3.59. The van der Waals surface area contributed by atoms with Crippen LogP contribution in [0.3, 0.4) is 0 Å². The zero-order valence-corrected chi connectivity index (χ0v) is 10.9. The largest absolute Gasteiger partial charge is 0.422 e. The van der Waals surface area contributed by atoms with Crippen LogP contribution < -0.4 is 16.2 Å². The molecular formula is C12H11N5OS. The van der Waals surface area contributed by atoms with Gasteiger partial charge in [0.05, 0.1) is 0 Å². The van der Waals surface area contributed by atoms with E-state index < -0.39 is 0 Å². The number of nitrogens with zero attached hydrogens (tertiary/aromatic N) is 2. The molecule has 0 amide bonds. The van der Waals surface area contributed by atoms with E-state index in [-0.39, 0.29) is 11.6 Å². The molecule has 1 heterocycles. The lowest BCUT2D eigenvalue weighted by molar-refractivity contribution is 0.531. The van der Waals surface area contributed by atoms with Crippen molar-refractivity contribution in [3.05, 3.63) is 41.9 Å². The molecule has 2 aromatic rings. The van der Waals surface area contributed by atoms with Crippen LogP contribution in [0.4, 0.5) is 11.6 Å². The van der Waals surface area contributed by atoms with E-state index in [2.05, 4.69) is 21.2 Å². The number of aromatic nitrogens is 1. The van der Waals surface area contributed by atoms with Crippen LogP contribution in [0.5, 0.6) is 0 Å². The molecule has 6 nitrogen and oxygen atoms in total. The van der Waals surface area contributed by atoms with Crippen LogP contribution in [0, 0.1) is 18.3 Å². The zero-order valence-electron chi connectivity index (χ0n) is 10.1. The van der Waals surface area contributed by atoms with E-state index in [1.165, 1.54) is 0 Å². The Kier molecular flexibility index (Phi) is 3.95. The molecule has 0 radical (unpaired) electrons. The van der Waals surface area contributed by atoms with Crippen molar-refractivity contribution in [3.8, 4) is 6.07 Å². The summed E-state index contributed by atoms with van der Waals surface area (Å²) in [6, 6.07) is 11.4. The van der Waals surface area contributed by atoms with Crippen molar-refractivity contribution < 1.29 is 4.42 Å². The molecule has 96 valence electrons. The summed E-state index contributed by atoms with van der Waals surface area (Å²) in [7, 11) is 0. The van der Waals surface area contributed by atoms with Gasteiger partial charge in [0, 0.05) is 12.6 Å². The van der Waals surface area contributed by atoms with E-state index in [1.807, 2.05) is 36.4 Å². The third-order valence-corrected chi connectivity index (χ3v) is 2.37. The minimum atomic E-state index is 0.174. The highest BCUT2D eigenvalue weighted by molar-refractivity contribution is 7.80. The van der Waals surface area contributed by atoms with Gasteiger partial charge in [-0.15, -0.1) is 0 Å². The number of rotatable bonds is 3. The third kappa shape index (κ3) is 3.43. The molecule has 3 N–H and O–H groups in total. The van der Waals surface area contributed by atoms with Crippen LogP contribution in [0.25, 0.3) is 0 Å². The summed E-state index contributed by atoms with van der Waals surface area (Å²) in [6.45, 7) is 1.66. The SMILES string of the molecule is Cc1nc(C#N)c(NNC(=S)Nc2ccccc2)o1. The van der Waals surface area contributed by atoms with E-state index in [0.717, 1.165) is 5.69 Å². The Morgan fingerprint density at radius 2 is 2.11 bits per heavy atom. The molecule has 0 atom stereocenters. The molecule has 1 aromatic heterocycles. The first-order chi connectivity index (χ1) is 9.19. The number of hydrogen-bond acceptors (Lipinski definition) is 5. The van der Waals surface area contributed by atoms with Gasteiger partial charge in [-0.25, -0.2) is 4.98 Å². The highest BCUT2D eigenvalue weighted by Crippen LogP contribution is 2.14. The fourth-order valence-electron chi connectivity index (χ4n) is 1.38. The van der Waals surface area contributed by atoms with Crippen LogP contribution in [0.2, 0.25) is 0 Å². The minimum Gasteiger partial charge on any atom is -0.422 e. The lowest BCUT2D eigenvalue weighted by atomic mass is 10.3. The molecule has 7 heteroatoms. The maximum atomic E-state index is 8.84. The summed E-state index contributed by atoms with van der Waals surface area (Å²) in [5.74, 6) is 0.639. The lowest BCUT2D eigenvalue weighted by Crippen LogP contribution is -2.33. The van der Waals surface area contributed by atoms with Gasteiger partial charge in [-0.05, 0) is 24.4 Å². The van der Waals surface area contributed by atoms with Gasteiger partial charge in [-0.2, -0.15) is 5.26 Å². The van der Waals surface area contributed by atoms with Gasteiger partial charge in [0.25, 0.3) is 5.88 Å². The van der Waals surface area contributed by atoms with Crippen LogP contribution in [-0.2, 0) is 0 Å². The molecule has 0 fully saturated rings. The van der Waals surface area contributed by atoms with E-state index in [4.69, 9.17) is 21.9 Å². The quantitative estimate of drug-likeness (QED) is 0.583. The highest BCUT2D eigenvalue weighted by atomic mass is 32.1. The van der Waals surface area contributed by atoms with Crippen molar-refractivity contribution in [1.29, 1.82) is 5.26 Å². The number of aryl methyl sites for hydroxylation is 1. The zero-order chi connectivity index (χ0) is 13.7. The fourth-order valence-corrected chi connectivity index (χ4v) is 1.55. The number of hydrogen-bond donors (Lipinski definition) is 3. The summed E-state index contributed by atoms with van der Waals surface area (Å²) in [5.41, 5.74) is 6.45. The molecule has 1 aromatic carbocycles. The van der Waals surface area contributed by atoms with Crippen molar-refractivity contribution in [3.63, 3.8) is 0 Å². The number of hydrazine groups is 1. The Hall–Kier alpha value is -2.59. The Morgan fingerprint density at radius 3 is 2.79 bits per heavy atom. The molecule has 19 heavy (non-hydrogen) atoms. The average molecular weight is 273 g/mol. The first-order valence-corrected chi connectivity index (χ1v) is 5.85. The smallest absolute Gasteiger partial charge is 0.250 e. The third-order valence-electron chi connectivity index (χ3n) is 2.16. The lowest BCUT2D eigenvalue weighted by Gasteiger charge is -2.10. The van der Waals surface area contributed by atoms with E-state index in [0.29, 0.717) is 11.0 Å². The number of para-hydroxylation sites is 1. The highest BCUT2D eigenvalue weighted by Gasteiger charge is 2.10. The van der Waals surface area contributed by atoms with Crippen molar-refractivity contribution in [2.45, 2.75) is 6.92 Å². The average Bonchev–Trinajstić information content (AvgIpc) is 2.78. The van der Waals surface area contributed by atoms with Gasteiger partial charge < -0.3 is 9.73 Å². The predicted octanol–water partition coefficient (Wildman–Crippen LogP) is 2.17. The Balaban J connectivity index is 1.92. The molecule has 2 rings (SSSR count). The monoisotopic (exact) mass is 273 g/mol. The van der Waals surface area contributed by atoms with E-state index >= 15 is 0 Å². The summed E-state index contributed by atoms with van der Waals surface area (Å²) < 4.78 is 5.21. The van der Waals surface area contributed by atoms with Crippen molar-refractivity contribution >= 4 is 28.9 Å². The van der Waals surface area contributed by atoms with Gasteiger partial charge >= 0.3 is 0 Å². The molecule has 0 aliphatic rings. The standard InChI is InChI=1S/C12H11N5OS/c1-8-14-10(7-13)11(18-8)16-17-12(19)15-9-5-3-2-4-6-9/h2-6,16H,1H3,(H2,15,17,19). The number of thiocarbonyl (C=S) groups is 1. The van der Waals surface area contributed by atoms with Gasteiger partial charge in [0.2, 0.25) is 5.69 Å². The molecule has 0 bridgehead atoms. The Labute approximate surface area is 115 Å². The number of anilines is 2. The molecule has 0 aliphatic heterocycles. The number of nitrogens with one attached hydrogen (secondary N) is 3. The summed E-state index contributed by atoms with van der Waals surface area (Å²) in [5, 5.41) is 12.2.